The van der Waals surface area contributed by atoms with Crippen LogP contribution in [0.5, 0.6) is 5.75 Å². The summed E-state index contributed by atoms with van der Waals surface area (Å²) in [5.74, 6) is 5.69. The maximum absolute atomic E-state index is 11.4. The van der Waals surface area contributed by atoms with Crippen LogP contribution in [0.4, 0.5) is 0 Å². The summed E-state index contributed by atoms with van der Waals surface area (Å²) in [6.07, 6.45) is 0. The first-order chi connectivity index (χ1) is 9.19. The van der Waals surface area contributed by atoms with Crippen molar-refractivity contribution in [1.29, 1.82) is 0 Å². The molecule has 0 saturated heterocycles. The lowest BCUT2D eigenvalue weighted by Crippen LogP contribution is -2.05. The molecule has 0 aromatic heterocycles. The Kier molecular flexibility index (Phi) is 2.70. The van der Waals surface area contributed by atoms with Gasteiger partial charge in [-0.05, 0) is 24.3 Å². The van der Waals surface area contributed by atoms with E-state index in [0.717, 1.165) is 16.5 Å². The van der Waals surface area contributed by atoms with E-state index in [9.17, 15) is 9.90 Å². The van der Waals surface area contributed by atoms with Crippen molar-refractivity contribution in [3.63, 3.8) is 0 Å². The summed E-state index contributed by atoms with van der Waals surface area (Å²) >= 11 is 0. The first-order valence-corrected chi connectivity index (χ1v) is 5.69. The zero-order valence-electron chi connectivity index (χ0n) is 9.92. The molecule has 3 rings (SSSR count). The largest absolute Gasteiger partial charge is 0.508 e. The second-order valence-corrected chi connectivity index (χ2v) is 4.23. The van der Waals surface area contributed by atoms with Crippen LogP contribution in [0.3, 0.4) is 0 Å². The highest BCUT2D eigenvalue weighted by Crippen LogP contribution is 2.34. The lowest BCUT2D eigenvalue weighted by atomic mass is 10.0. The molecule has 0 bridgehead atoms. The van der Waals surface area contributed by atoms with E-state index in [2.05, 4.69) is 0 Å². The van der Waals surface area contributed by atoms with E-state index < -0.39 is 0 Å². The van der Waals surface area contributed by atoms with Crippen molar-refractivity contribution in [3.8, 4) is 17.1 Å². The van der Waals surface area contributed by atoms with Gasteiger partial charge in [0.15, 0.2) is 5.43 Å². The highest BCUT2D eigenvalue weighted by Gasteiger charge is 2.15. The molecule has 5 heteroatoms. The zero-order valence-corrected chi connectivity index (χ0v) is 9.92. The molecule has 0 spiro atoms. The third-order valence-electron chi connectivity index (χ3n) is 3.02. The van der Waals surface area contributed by atoms with Gasteiger partial charge in [-0.2, -0.15) is 0 Å². The van der Waals surface area contributed by atoms with Gasteiger partial charge in [-0.25, -0.2) is 5.90 Å². The highest BCUT2D eigenvalue weighted by molar-refractivity contribution is 5.88. The molecule has 1 aromatic carbocycles. The first kappa shape index (κ1) is 11.7. The van der Waals surface area contributed by atoms with Crippen LogP contribution in [0, 0.1) is 0 Å². The van der Waals surface area contributed by atoms with Crippen molar-refractivity contribution >= 4 is 11.0 Å². The van der Waals surface area contributed by atoms with E-state index in [1.54, 1.807) is 18.2 Å². The minimum Gasteiger partial charge on any atom is -0.508 e. The van der Waals surface area contributed by atoms with Crippen molar-refractivity contribution in [2.45, 2.75) is 6.61 Å². The predicted octanol–water partition coefficient (Wildman–Crippen LogP) is 1.99. The Morgan fingerprint density at radius 2 is 2.05 bits per heavy atom. The standard InChI is InChI=1S/C14H11NO4/c15-18-7-12-10-3-1-8(16)5-13(10)19-14-6-9(17)2-4-11(12)14/h1-6,16H,7,15H2. The van der Waals surface area contributed by atoms with E-state index in [4.69, 9.17) is 15.2 Å². The van der Waals surface area contributed by atoms with Gasteiger partial charge in [0.25, 0.3) is 0 Å². The number of hydrogen-bond acceptors (Lipinski definition) is 5. The van der Waals surface area contributed by atoms with Crippen LogP contribution in [0.1, 0.15) is 5.56 Å². The highest BCUT2D eigenvalue weighted by atomic mass is 16.6. The molecule has 0 fully saturated rings. The van der Waals surface area contributed by atoms with Gasteiger partial charge in [0.1, 0.15) is 17.1 Å². The number of aromatic hydroxyl groups is 1. The molecule has 19 heavy (non-hydrogen) atoms. The second kappa shape index (κ2) is 4.38. The molecule has 1 heterocycles. The van der Waals surface area contributed by atoms with E-state index in [-0.39, 0.29) is 17.8 Å². The fraction of sp³-hybridized carbons (Fsp3) is 0.0714. The quantitative estimate of drug-likeness (QED) is 0.541. The van der Waals surface area contributed by atoms with Gasteiger partial charge in [-0.3, -0.25) is 9.63 Å². The lowest BCUT2D eigenvalue weighted by Gasteiger charge is -2.13. The Hall–Kier alpha value is -2.37. The molecule has 0 atom stereocenters. The van der Waals surface area contributed by atoms with Gasteiger partial charge in [0.2, 0.25) is 0 Å². The average Bonchev–Trinajstić information content (AvgIpc) is 2.37. The zero-order chi connectivity index (χ0) is 13.4. The molecule has 1 aliphatic heterocycles. The van der Waals surface area contributed by atoms with Crippen LogP contribution in [-0.2, 0) is 11.4 Å². The Bertz CT molecular complexity index is 778. The Labute approximate surface area is 108 Å². The monoisotopic (exact) mass is 257 g/mol. The number of nitrogens with two attached hydrogens (primary N) is 1. The summed E-state index contributed by atoms with van der Waals surface area (Å²) in [6.45, 7) is 0.187. The summed E-state index contributed by atoms with van der Waals surface area (Å²) in [5, 5.41) is 10.3. The van der Waals surface area contributed by atoms with Crippen LogP contribution in [0.2, 0.25) is 0 Å². The normalized spacial score (nSPS) is 11.2. The fourth-order valence-corrected chi connectivity index (χ4v) is 2.18. The van der Waals surface area contributed by atoms with Gasteiger partial charge >= 0.3 is 0 Å². The number of hydrogen-bond donors (Lipinski definition) is 2. The number of benzene rings is 2. The SMILES string of the molecule is NOCc1c2ccc(=O)cc-2oc2cc(O)ccc12. The fourth-order valence-electron chi connectivity index (χ4n) is 2.18. The molecule has 0 radical (unpaired) electrons. The number of phenols is 1. The van der Waals surface area contributed by atoms with E-state index >= 15 is 0 Å². The van der Waals surface area contributed by atoms with Gasteiger partial charge in [-0.1, -0.05) is 0 Å². The minimum absolute atomic E-state index is 0.0912. The molecule has 96 valence electrons. The van der Waals surface area contributed by atoms with Crippen molar-refractivity contribution in [3.05, 3.63) is 52.2 Å². The third-order valence-corrected chi connectivity index (χ3v) is 3.02. The number of rotatable bonds is 2. The molecule has 0 unspecified atom stereocenters. The van der Waals surface area contributed by atoms with Crippen molar-refractivity contribution in [2.24, 2.45) is 5.90 Å². The maximum Gasteiger partial charge on any atom is 0.182 e. The Balaban J connectivity index is 2.45. The van der Waals surface area contributed by atoms with Crippen molar-refractivity contribution < 1.29 is 14.4 Å². The van der Waals surface area contributed by atoms with E-state index in [1.807, 2.05) is 0 Å². The van der Waals surface area contributed by atoms with E-state index in [1.165, 1.54) is 18.2 Å². The summed E-state index contributed by atoms with van der Waals surface area (Å²) in [5.41, 5.74) is 1.92. The van der Waals surface area contributed by atoms with Gasteiger partial charge in [0, 0.05) is 28.6 Å². The van der Waals surface area contributed by atoms with E-state index in [0.29, 0.717) is 11.3 Å². The molecule has 0 saturated carbocycles. The predicted molar refractivity (Wildman–Crippen MR) is 69.7 cm³/mol. The number of fused-ring (bicyclic) bond motifs is 2. The molecule has 2 aliphatic rings. The first-order valence-electron chi connectivity index (χ1n) is 5.69. The number of phenolic OH excluding ortho intramolecular Hbond substituents is 1. The summed E-state index contributed by atoms with van der Waals surface area (Å²) in [7, 11) is 0. The lowest BCUT2D eigenvalue weighted by molar-refractivity contribution is 0.125. The molecule has 3 N–H and O–H groups in total. The van der Waals surface area contributed by atoms with Crippen molar-refractivity contribution in [2.75, 3.05) is 0 Å². The summed E-state index contributed by atoms with van der Waals surface area (Å²) < 4.78 is 5.64. The molecule has 0 amide bonds. The minimum atomic E-state index is -0.143. The topological polar surface area (TPSA) is 85.7 Å². The van der Waals surface area contributed by atoms with Crippen LogP contribution in [-0.4, -0.2) is 5.11 Å². The Morgan fingerprint density at radius 3 is 2.84 bits per heavy atom. The second-order valence-electron chi connectivity index (χ2n) is 4.23. The molecular weight excluding hydrogens is 246 g/mol. The molecule has 1 aliphatic carbocycles. The molecular formula is C14H11NO4. The van der Waals surface area contributed by atoms with Crippen LogP contribution < -0.4 is 11.3 Å². The van der Waals surface area contributed by atoms with Crippen molar-refractivity contribution in [1.82, 2.24) is 0 Å². The average molecular weight is 257 g/mol. The Morgan fingerprint density at radius 1 is 1.21 bits per heavy atom. The van der Waals surface area contributed by atoms with Gasteiger partial charge < -0.3 is 9.52 Å². The molecule has 5 nitrogen and oxygen atoms in total. The smallest absolute Gasteiger partial charge is 0.182 e. The maximum atomic E-state index is 11.4. The summed E-state index contributed by atoms with van der Waals surface area (Å²) in [6, 6.07) is 9.33. The van der Waals surface area contributed by atoms with Crippen LogP contribution >= 0.6 is 0 Å². The third kappa shape index (κ3) is 1.95. The summed E-state index contributed by atoms with van der Waals surface area (Å²) in [4.78, 5) is 16.1. The van der Waals surface area contributed by atoms with Crippen LogP contribution in [0.25, 0.3) is 22.3 Å². The van der Waals surface area contributed by atoms with Gasteiger partial charge in [-0.15, -0.1) is 0 Å². The molecule has 1 aromatic rings. The van der Waals surface area contributed by atoms with Crippen LogP contribution in [0.15, 0.2) is 45.6 Å². The van der Waals surface area contributed by atoms with Gasteiger partial charge in [0.05, 0.1) is 6.61 Å².